The standard InChI is InChI=1S/C24H31N3O2/c1-19(2)27(16-20-10-5-3-6-11-20)23(28)18-26-15-9-12-21(17-26)24(29)25-22-13-7-4-8-14-22/h3-8,10-11,13-14,19,21H,9,12,15-18H2,1-2H3,(H,25,29)/t21-/m1/s1. The number of nitrogens with zero attached hydrogens (tertiary/aromatic N) is 2. The zero-order valence-corrected chi connectivity index (χ0v) is 17.4. The molecule has 0 bridgehead atoms. The second kappa shape index (κ2) is 10.2. The molecule has 1 atom stereocenters. The summed E-state index contributed by atoms with van der Waals surface area (Å²) in [4.78, 5) is 29.7. The first-order chi connectivity index (χ1) is 14.0. The maximum atomic E-state index is 13.0. The first-order valence-corrected chi connectivity index (χ1v) is 10.4. The Bertz CT molecular complexity index is 792. The number of piperidine rings is 1. The van der Waals surface area contributed by atoms with Crippen LogP contribution in [-0.4, -0.2) is 47.3 Å². The van der Waals surface area contributed by atoms with Crippen LogP contribution in [0.1, 0.15) is 32.3 Å². The lowest BCUT2D eigenvalue weighted by atomic mass is 9.97. The van der Waals surface area contributed by atoms with Gasteiger partial charge in [-0.3, -0.25) is 14.5 Å². The number of amides is 2. The van der Waals surface area contributed by atoms with Gasteiger partial charge in [-0.05, 0) is 50.9 Å². The molecular weight excluding hydrogens is 362 g/mol. The molecule has 5 heteroatoms. The molecule has 1 saturated heterocycles. The fourth-order valence-corrected chi connectivity index (χ4v) is 3.80. The number of carbonyl (C=O) groups excluding carboxylic acids is 2. The molecule has 1 aliphatic heterocycles. The Labute approximate surface area is 173 Å². The maximum Gasteiger partial charge on any atom is 0.237 e. The number of hydrogen-bond acceptors (Lipinski definition) is 3. The summed E-state index contributed by atoms with van der Waals surface area (Å²) in [6.45, 7) is 6.56. The van der Waals surface area contributed by atoms with Gasteiger partial charge in [-0.25, -0.2) is 0 Å². The van der Waals surface area contributed by atoms with Crippen LogP contribution in [0.3, 0.4) is 0 Å². The van der Waals surface area contributed by atoms with E-state index in [1.165, 1.54) is 0 Å². The van der Waals surface area contributed by atoms with Crippen molar-refractivity contribution in [3.63, 3.8) is 0 Å². The van der Waals surface area contributed by atoms with E-state index in [-0.39, 0.29) is 23.8 Å². The smallest absolute Gasteiger partial charge is 0.237 e. The van der Waals surface area contributed by atoms with E-state index in [2.05, 4.69) is 10.2 Å². The Kier molecular flexibility index (Phi) is 7.42. The largest absolute Gasteiger partial charge is 0.335 e. The zero-order chi connectivity index (χ0) is 20.6. The van der Waals surface area contributed by atoms with Crippen LogP contribution in [0, 0.1) is 5.92 Å². The molecule has 0 unspecified atom stereocenters. The monoisotopic (exact) mass is 393 g/mol. The van der Waals surface area contributed by atoms with E-state index in [0.29, 0.717) is 19.6 Å². The third kappa shape index (κ3) is 6.16. The van der Waals surface area contributed by atoms with Crippen molar-refractivity contribution in [3.8, 4) is 0 Å². The maximum absolute atomic E-state index is 13.0. The molecule has 2 aromatic carbocycles. The Morgan fingerprint density at radius 1 is 1.07 bits per heavy atom. The van der Waals surface area contributed by atoms with Crippen molar-refractivity contribution in [2.45, 2.75) is 39.3 Å². The van der Waals surface area contributed by atoms with Crippen molar-refractivity contribution in [1.82, 2.24) is 9.80 Å². The Balaban J connectivity index is 1.56. The minimum absolute atomic E-state index is 0.0401. The van der Waals surface area contributed by atoms with Crippen LogP contribution in [0.4, 0.5) is 5.69 Å². The number of para-hydroxylation sites is 1. The van der Waals surface area contributed by atoms with Gasteiger partial charge in [0, 0.05) is 24.8 Å². The zero-order valence-electron chi connectivity index (χ0n) is 17.4. The van der Waals surface area contributed by atoms with Gasteiger partial charge in [-0.1, -0.05) is 48.5 Å². The number of likely N-dealkylation sites (tertiary alicyclic amines) is 1. The Hall–Kier alpha value is -2.66. The summed E-state index contributed by atoms with van der Waals surface area (Å²) in [6.07, 6.45) is 1.79. The normalized spacial score (nSPS) is 17.1. The number of carbonyl (C=O) groups is 2. The molecule has 1 heterocycles. The van der Waals surface area contributed by atoms with E-state index in [9.17, 15) is 9.59 Å². The molecule has 5 nitrogen and oxygen atoms in total. The van der Waals surface area contributed by atoms with Crippen molar-refractivity contribution < 1.29 is 9.59 Å². The summed E-state index contributed by atoms with van der Waals surface area (Å²) in [5.41, 5.74) is 1.95. The van der Waals surface area contributed by atoms with Gasteiger partial charge in [0.1, 0.15) is 0 Å². The molecule has 0 radical (unpaired) electrons. The molecule has 1 aliphatic rings. The van der Waals surface area contributed by atoms with Crippen LogP contribution in [0.5, 0.6) is 0 Å². The number of rotatable bonds is 7. The molecule has 0 spiro atoms. The van der Waals surface area contributed by atoms with E-state index < -0.39 is 0 Å². The second-order valence-electron chi connectivity index (χ2n) is 8.03. The fourth-order valence-electron chi connectivity index (χ4n) is 3.80. The summed E-state index contributed by atoms with van der Waals surface area (Å²) >= 11 is 0. The van der Waals surface area contributed by atoms with Crippen LogP contribution in [0.15, 0.2) is 60.7 Å². The summed E-state index contributed by atoms with van der Waals surface area (Å²) in [6, 6.07) is 19.8. The number of hydrogen-bond donors (Lipinski definition) is 1. The predicted molar refractivity (Wildman–Crippen MR) is 116 cm³/mol. The molecule has 29 heavy (non-hydrogen) atoms. The van der Waals surface area contributed by atoms with E-state index in [1.54, 1.807) is 0 Å². The van der Waals surface area contributed by atoms with Gasteiger partial charge in [0.15, 0.2) is 0 Å². The van der Waals surface area contributed by atoms with Crippen LogP contribution < -0.4 is 5.32 Å². The van der Waals surface area contributed by atoms with E-state index in [4.69, 9.17) is 0 Å². The number of anilines is 1. The summed E-state index contributed by atoms with van der Waals surface area (Å²) in [7, 11) is 0. The summed E-state index contributed by atoms with van der Waals surface area (Å²) in [5, 5.41) is 3.00. The van der Waals surface area contributed by atoms with Gasteiger partial charge in [-0.2, -0.15) is 0 Å². The molecule has 0 aromatic heterocycles. The van der Waals surface area contributed by atoms with E-state index >= 15 is 0 Å². The third-order valence-corrected chi connectivity index (χ3v) is 5.42. The molecule has 154 valence electrons. The average Bonchev–Trinajstić information content (AvgIpc) is 2.73. The lowest BCUT2D eigenvalue weighted by Gasteiger charge is -2.34. The van der Waals surface area contributed by atoms with Crippen molar-refractivity contribution in [3.05, 3.63) is 66.2 Å². The highest BCUT2D eigenvalue weighted by Crippen LogP contribution is 2.19. The van der Waals surface area contributed by atoms with Gasteiger partial charge >= 0.3 is 0 Å². The predicted octanol–water partition coefficient (Wildman–Crippen LogP) is 3.77. The molecule has 0 aliphatic carbocycles. The van der Waals surface area contributed by atoms with Crippen molar-refractivity contribution in [2.75, 3.05) is 25.0 Å². The minimum Gasteiger partial charge on any atom is -0.335 e. The molecule has 3 rings (SSSR count). The van der Waals surface area contributed by atoms with Gasteiger partial charge in [0.25, 0.3) is 0 Å². The Morgan fingerprint density at radius 3 is 2.38 bits per heavy atom. The molecule has 2 aromatic rings. The highest BCUT2D eigenvalue weighted by Gasteiger charge is 2.28. The quantitative estimate of drug-likeness (QED) is 0.779. The minimum atomic E-state index is -0.0848. The fraction of sp³-hybridized carbons (Fsp3) is 0.417. The first-order valence-electron chi connectivity index (χ1n) is 10.4. The summed E-state index contributed by atoms with van der Waals surface area (Å²) < 4.78 is 0. The lowest BCUT2D eigenvalue weighted by Crippen LogP contribution is -2.47. The van der Waals surface area contributed by atoms with Crippen molar-refractivity contribution in [1.29, 1.82) is 0 Å². The SMILES string of the molecule is CC(C)N(Cc1ccccc1)C(=O)CN1CCC[C@@H](C(=O)Nc2ccccc2)C1. The Morgan fingerprint density at radius 2 is 1.72 bits per heavy atom. The molecular formula is C24H31N3O2. The number of nitrogens with one attached hydrogen (secondary N) is 1. The highest BCUT2D eigenvalue weighted by atomic mass is 16.2. The van der Waals surface area contributed by atoms with Gasteiger partial charge in [0.2, 0.25) is 11.8 Å². The van der Waals surface area contributed by atoms with Gasteiger partial charge < -0.3 is 10.2 Å². The van der Waals surface area contributed by atoms with Crippen molar-refractivity contribution >= 4 is 17.5 Å². The molecule has 2 amide bonds. The molecule has 1 fully saturated rings. The number of benzene rings is 2. The average molecular weight is 394 g/mol. The second-order valence-corrected chi connectivity index (χ2v) is 8.03. The van der Waals surface area contributed by atoms with Crippen LogP contribution in [0.25, 0.3) is 0 Å². The van der Waals surface area contributed by atoms with Gasteiger partial charge in [0.05, 0.1) is 12.5 Å². The lowest BCUT2D eigenvalue weighted by molar-refractivity contribution is -0.136. The topological polar surface area (TPSA) is 52.7 Å². The highest BCUT2D eigenvalue weighted by molar-refractivity contribution is 5.92. The van der Waals surface area contributed by atoms with E-state index in [1.807, 2.05) is 79.4 Å². The van der Waals surface area contributed by atoms with Crippen LogP contribution >= 0.6 is 0 Å². The summed E-state index contributed by atoms with van der Waals surface area (Å²) in [5.74, 6) is 0.0738. The van der Waals surface area contributed by atoms with Crippen LogP contribution in [0.2, 0.25) is 0 Å². The van der Waals surface area contributed by atoms with Gasteiger partial charge in [-0.15, -0.1) is 0 Å². The molecule has 1 N–H and O–H groups in total. The van der Waals surface area contributed by atoms with Crippen LogP contribution in [-0.2, 0) is 16.1 Å². The first kappa shape index (κ1) is 21.1. The molecule has 0 saturated carbocycles. The van der Waals surface area contributed by atoms with Crippen molar-refractivity contribution in [2.24, 2.45) is 5.92 Å². The van der Waals surface area contributed by atoms with E-state index in [0.717, 1.165) is 30.6 Å². The third-order valence-electron chi connectivity index (χ3n) is 5.42.